The lowest BCUT2D eigenvalue weighted by Gasteiger charge is -2.34. The Morgan fingerprint density at radius 1 is 1.15 bits per heavy atom. The average molecular weight is 382 g/mol. The maximum absolute atomic E-state index is 12.6. The molecule has 1 heterocycles. The van der Waals surface area contributed by atoms with Crippen LogP contribution in [-0.2, 0) is 14.8 Å². The lowest BCUT2D eigenvalue weighted by Crippen LogP contribution is -2.49. The van der Waals surface area contributed by atoms with Crippen LogP contribution >= 0.6 is 0 Å². The molecule has 0 N–H and O–H groups in total. The Morgan fingerprint density at radius 2 is 1.77 bits per heavy atom. The highest BCUT2D eigenvalue weighted by Crippen LogP contribution is 2.29. The van der Waals surface area contributed by atoms with Crippen molar-refractivity contribution in [2.24, 2.45) is 0 Å². The minimum atomic E-state index is -3.46. The van der Waals surface area contributed by atoms with E-state index in [2.05, 4.69) is 11.8 Å². The quantitative estimate of drug-likeness (QED) is 0.726. The van der Waals surface area contributed by atoms with Gasteiger partial charge in [0.25, 0.3) is 0 Å². The van der Waals surface area contributed by atoms with Crippen molar-refractivity contribution in [3.8, 4) is 0 Å². The number of nitrogens with zero attached hydrogens (tertiary/aromatic N) is 3. The number of anilines is 1. The molecule has 0 bridgehead atoms. The first-order valence-electron chi connectivity index (χ1n) is 9.30. The van der Waals surface area contributed by atoms with Crippen LogP contribution in [0.2, 0.25) is 0 Å². The second-order valence-corrected chi connectivity index (χ2v) is 9.02. The van der Waals surface area contributed by atoms with Crippen molar-refractivity contribution in [2.75, 3.05) is 49.8 Å². The highest BCUT2D eigenvalue weighted by molar-refractivity contribution is 7.92. The number of hydrogen-bond donors (Lipinski definition) is 0. The van der Waals surface area contributed by atoms with Gasteiger partial charge in [0.1, 0.15) is 0 Å². The molecule has 0 atom stereocenters. The normalized spacial score (nSPS) is 16.1. The number of sulfonamides is 1. The molecule has 0 spiro atoms. The van der Waals surface area contributed by atoms with Gasteiger partial charge in [-0.1, -0.05) is 39.0 Å². The molecule has 0 aliphatic carbocycles. The van der Waals surface area contributed by atoms with E-state index < -0.39 is 10.0 Å². The van der Waals surface area contributed by atoms with Gasteiger partial charge in [0.2, 0.25) is 15.9 Å². The van der Waals surface area contributed by atoms with Crippen LogP contribution in [0.15, 0.2) is 24.3 Å². The Hall–Kier alpha value is -1.60. The summed E-state index contributed by atoms with van der Waals surface area (Å²) in [5.74, 6) is 0.227. The molecular formula is C19H31N3O3S. The summed E-state index contributed by atoms with van der Waals surface area (Å²) in [4.78, 5) is 16.7. The predicted octanol–water partition coefficient (Wildman–Crippen LogP) is 2.13. The van der Waals surface area contributed by atoms with Crippen LogP contribution in [-0.4, -0.2) is 69.6 Å². The zero-order valence-corrected chi connectivity index (χ0v) is 17.1. The molecule has 1 saturated heterocycles. The van der Waals surface area contributed by atoms with Gasteiger partial charge in [0.05, 0.1) is 11.9 Å². The Bertz CT molecular complexity index is 710. The second-order valence-electron chi connectivity index (χ2n) is 7.11. The number of amides is 1. The van der Waals surface area contributed by atoms with Gasteiger partial charge in [-0.25, -0.2) is 8.42 Å². The third-order valence-corrected chi connectivity index (χ3v) is 6.11. The van der Waals surface area contributed by atoms with Gasteiger partial charge in [-0.3, -0.25) is 9.10 Å². The van der Waals surface area contributed by atoms with Gasteiger partial charge < -0.3 is 9.80 Å². The standard InChI is InChI=1S/C19H31N3O3S/c1-5-20-12-14-21(15-13-20)19(23)10-11-22(26(4,24)25)18-9-7-6-8-17(18)16(2)3/h6-9,16H,5,10-15H2,1-4H3. The molecule has 2 rings (SSSR count). The van der Waals surface area contributed by atoms with Gasteiger partial charge in [-0.05, 0) is 24.1 Å². The van der Waals surface area contributed by atoms with E-state index in [9.17, 15) is 13.2 Å². The highest BCUT2D eigenvalue weighted by Gasteiger charge is 2.25. The Balaban J connectivity index is 2.10. The number of para-hydroxylation sites is 1. The second kappa shape index (κ2) is 8.86. The Morgan fingerprint density at radius 3 is 2.31 bits per heavy atom. The fourth-order valence-electron chi connectivity index (χ4n) is 3.34. The largest absolute Gasteiger partial charge is 0.340 e. The molecule has 1 amide bonds. The summed E-state index contributed by atoms with van der Waals surface area (Å²) < 4.78 is 26.1. The maximum atomic E-state index is 12.6. The zero-order chi connectivity index (χ0) is 19.3. The zero-order valence-electron chi connectivity index (χ0n) is 16.3. The number of piperazine rings is 1. The van der Waals surface area contributed by atoms with E-state index in [-0.39, 0.29) is 24.8 Å². The van der Waals surface area contributed by atoms with Crippen LogP contribution in [0.4, 0.5) is 5.69 Å². The van der Waals surface area contributed by atoms with Crippen LogP contribution < -0.4 is 4.31 Å². The minimum Gasteiger partial charge on any atom is -0.340 e. The summed E-state index contributed by atoms with van der Waals surface area (Å²) >= 11 is 0. The number of carbonyl (C=O) groups excluding carboxylic acids is 1. The summed E-state index contributed by atoms with van der Waals surface area (Å²) in [6.07, 6.45) is 1.40. The minimum absolute atomic E-state index is 0.0245. The number of likely N-dealkylation sites (N-methyl/N-ethyl adjacent to an activating group) is 1. The topological polar surface area (TPSA) is 60.9 Å². The van der Waals surface area contributed by atoms with Crippen LogP contribution in [0.3, 0.4) is 0 Å². The monoisotopic (exact) mass is 381 g/mol. The van der Waals surface area contributed by atoms with E-state index in [1.807, 2.05) is 43.0 Å². The summed E-state index contributed by atoms with van der Waals surface area (Å²) in [7, 11) is -3.46. The molecule has 1 aliphatic heterocycles. The third-order valence-electron chi connectivity index (χ3n) is 4.93. The van der Waals surface area contributed by atoms with Gasteiger partial charge in [-0.15, -0.1) is 0 Å². The maximum Gasteiger partial charge on any atom is 0.232 e. The first-order valence-corrected chi connectivity index (χ1v) is 11.2. The smallest absolute Gasteiger partial charge is 0.232 e. The molecule has 6 nitrogen and oxygen atoms in total. The predicted molar refractivity (Wildman–Crippen MR) is 106 cm³/mol. The molecule has 1 aliphatic rings. The van der Waals surface area contributed by atoms with Crippen LogP contribution in [0, 0.1) is 0 Å². The van der Waals surface area contributed by atoms with Gasteiger partial charge in [0.15, 0.2) is 0 Å². The van der Waals surface area contributed by atoms with Crippen LogP contribution in [0.5, 0.6) is 0 Å². The van der Waals surface area contributed by atoms with E-state index in [1.165, 1.54) is 10.6 Å². The van der Waals surface area contributed by atoms with Gasteiger partial charge >= 0.3 is 0 Å². The molecule has 1 aromatic carbocycles. The summed E-state index contributed by atoms with van der Waals surface area (Å²) in [6.45, 7) is 10.6. The van der Waals surface area contributed by atoms with Crippen molar-refractivity contribution in [3.05, 3.63) is 29.8 Å². The summed E-state index contributed by atoms with van der Waals surface area (Å²) in [5.41, 5.74) is 1.65. The molecule has 7 heteroatoms. The lowest BCUT2D eigenvalue weighted by atomic mass is 10.0. The lowest BCUT2D eigenvalue weighted by molar-refractivity contribution is -0.132. The number of carbonyl (C=O) groups is 1. The molecular weight excluding hydrogens is 350 g/mol. The Kier molecular flexibility index (Phi) is 7.06. The van der Waals surface area contributed by atoms with E-state index in [4.69, 9.17) is 0 Å². The average Bonchev–Trinajstić information content (AvgIpc) is 2.61. The van der Waals surface area contributed by atoms with Crippen molar-refractivity contribution in [1.29, 1.82) is 0 Å². The molecule has 1 aromatic rings. The SMILES string of the molecule is CCN1CCN(C(=O)CCN(c2ccccc2C(C)C)S(C)(=O)=O)CC1. The molecule has 26 heavy (non-hydrogen) atoms. The van der Waals surface area contributed by atoms with Gasteiger partial charge in [-0.2, -0.15) is 0 Å². The summed E-state index contributed by atoms with van der Waals surface area (Å²) in [5, 5.41) is 0. The molecule has 0 saturated carbocycles. The third kappa shape index (κ3) is 5.20. The molecule has 146 valence electrons. The fourth-order valence-corrected chi connectivity index (χ4v) is 4.28. The van der Waals surface area contributed by atoms with E-state index in [1.54, 1.807) is 0 Å². The number of rotatable bonds is 7. The summed E-state index contributed by atoms with van der Waals surface area (Å²) in [6, 6.07) is 7.52. The van der Waals surface area contributed by atoms with Crippen molar-refractivity contribution in [3.63, 3.8) is 0 Å². The number of benzene rings is 1. The first kappa shape index (κ1) is 20.7. The van der Waals surface area contributed by atoms with Crippen LogP contribution in [0.1, 0.15) is 38.7 Å². The molecule has 0 radical (unpaired) electrons. The van der Waals surface area contributed by atoms with Crippen molar-refractivity contribution < 1.29 is 13.2 Å². The van der Waals surface area contributed by atoms with E-state index in [0.29, 0.717) is 18.8 Å². The van der Waals surface area contributed by atoms with Crippen molar-refractivity contribution >= 4 is 21.6 Å². The Labute approximate surface area is 157 Å². The molecule has 0 unspecified atom stereocenters. The molecule has 0 aromatic heterocycles. The van der Waals surface area contributed by atoms with E-state index in [0.717, 1.165) is 25.2 Å². The van der Waals surface area contributed by atoms with Crippen molar-refractivity contribution in [2.45, 2.75) is 33.1 Å². The fraction of sp³-hybridized carbons (Fsp3) is 0.632. The number of hydrogen-bond acceptors (Lipinski definition) is 4. The highest BCUT2D eigenvalue weighted by atomic mass is 32.2. The van der Waals surface area contributed by atoms with Gasteiger partial charge in [0, 0.05) is 39.1 Å². The van der Waals surface area contributed by atoms with E-state index >= 15 is 0 Å². The van der Waals surface area contributed by atoms with Crippen molar-refractivity contribution in [1.82, 2.24) is 9.80 Å². The van der Waals surface area contributed by atoms with Crippen LogP contribution in [0.25, 0.3) is 0 Å². The first-order chi connectivity index (χ1) is 12.2. The molecule has 1 fully saturated rings.